The van der Waals surface area contributed by atoms with Gasteiger partial charge in [-0.1, -0.05) is 71.7 Å². The summed E-state index contributed by atoms with van der Waals surface area (Å²) < 4.78 is 26.3. The van der Waals surface area contributed by atoms with E-state index in [1.165, 1.54) is 23.1 Å². The molecule has 2 aromatic carbocycles. The number of sulfonamides is 1. The van der Waals surface area contributed by atoms with E-state index in [0.29, 0.717) is 15.6 Å². The first-order valence-electron chi connectivity index (χ1n) is 11.8. The highest BCUT2D eigenvalue weighted by atomic mass is 35.5. The van der Waals surface area contributed by atoms with Crippen LogP contribution in [0.25, 0.3) is 0 Å². The van der Waals surface area contributed by atoms with Crippen LogP contribution in [-0.4, -0.2) is 50.0 Å². The van der Waals surface area contributed by atoms with Crippen molar-refractivity contribution < 1.29 is 18.0 Å². The molecule has 1 saturated carbocycles. The second-order valence-electron chi connectivity index (χ2n) is 9.15. The molecule has 0 saturated heterocycles. The molecule has 2 aromatic rings. The molecule has 2 amide bonds. The Morgan fingerprint density at radius 2 is 1.62 bits per heavy atom. The fourth-order valence-electron chi connectivity index (χ4n) is 4.26. The number of carbonyl (C=O) groups excluding carboxylic acids is 2. The molecule has 0 bridgehead atoms. The molecule has 0 spiro atoms. The van der Waals surface area contributed by atoms with Crippen molar-refractivity contribution in [1.82, 2.24) is 10.2 Å². The summed E-state index contributed by atoms with van der Waals surface area (Å²) in [5.41, 5.74) is 0.700. The minimum Gasteiger partial charge on any atom is -0.352 e. The average Bonchev–Trinajstić information content (AvgIpc) is 2.84. The van der Waals surface area contributed by atoms with E-state index >= 15 is 0 Å². The lowest BCUT2D eigenvalue weighted by atomic mass is 9.95. The van der Waals surface area contributed by atoms with Gasteiger partial charge in [-0.3, -0.25) is 13.9 Å². The number of rotatable bonds is 9. The molecular weight excluding hydrogens is 580 g/mol. The van der Waals surface area contributed by atoms with E-state index in [1.807, 2.05) is 0 Å². The van der Waals surface area contributed by atoms with Gasteiger partial charge in [-0.05, 0) is 55.7 Å². The third-order valence-electron chi connectivity index (χ3n) is 6.31. The molecule has 1 fully saturated rings. The van der Waals surface area contributed by atoms with Gasteiger partial charge in [0.25, 0.3) is 0 Å². The van der Waals surface area contributed by atoms with Crippen molar-refractivity contribution in [1.29, 1.82) is 0 Å². The lowest BCUT2D eigenvalue weighted by Crippen LogP contribution is -2.53. The van der Waals surface area contributed by atoms with Gasteiger partial charge in [0.1, 0.15) is 12.6 Å². The molecule has 0 aromatic heterocycles. The number of nitrogens with zero attached hydrogens (tertiary/aromatic N) is 2. The van der Waals surface area contributed by atoms with Crippen LogP contribution in [0.5, 0.6) is 0 Å². The number of carbonyl (C=O) groups is 2. The largest absolute Gasteiger partial charge is 0.352 e. The molecule has 37 heavy (non-hydrogen) atoms. The Morgan fingerprint density at radius 3 is 2.24 bits per heavy atom. The zero-order valence-electron chi connectivity index (χ0n) is 20.5. The highest BCUT2D eigenvalue weighted by Gasteiger charge is 2.32. The molecule has 202 valence electrons. The van der Waals surface area contributed by atoms with Crippen molar-refractivity contribution in [2.24, 2.45) is 0 Å². The van der Waals surface area contributed by atoms with E-state index in [1.54, 1.807) is 25.1 Å². The third-order valence-corrected chi connectivity index (χ3v) is 8.73. The fourth-order valence-corrected chi connectivity index (χ4v) is 5.87. The topological polar surface area (TPSA) is 86.8 Å². The summed E-state index contributed by atoms with van der Waals surface area (Å²) in [4.78, 5) is 28.2. The van der Waals surface area contributed by atoms with Gasteiger partial charge in [0.05, 0.1) is 27.0 Å². The Bertz CT molecular complexity index is 1250. The Labute approximate surface area is 238 Å². The van der Waals surface area contributed by atoms with Gasteiger partial charge >= 0.3 is 0 Å². The maximum Gasteiger partial charge on any atom is 0.244 e. The molecule has 1 aliphatic carbocycles. The van der Waals surface area contributed by atoms with Crippen molar-refractivity contribution in [2.45, 2.75) is 57.7 Å². The van der Waals surface area contributed by atoms with Crippen LogP contribution in [0.4, 0.5) is 5.69 Å². The van der Waals surface area contributed by atoms with Gasteiger partial charge in [-0.2, -0.15) is 0 Å². The lowest BCUT2D eigenvalue weighted by molar-refractivity contribution is -0.139. The number of anilines is 1. The standard InChI is InChI=1S/C25H29Cl4N3O4S/c1-16(25(34)30-19-6-4-3-5-7-19)31(14-17-8-10-20(27)22(29)12-17)24(33)15-32(37(2,35)36)23-13-18(26)9-11-21(23)28/h8-13,16,19H,3-7,14-15H2,1-2H3,(H,30,34)/t16-/m0/s1. The predicted molar refractivity (Wildman–Crippen MR) is 150 cm³/mol. The van der Waals surface area contributed by atoms with Crippen LogP contribution in [0, 0.1) is 0 Å². The molecule has 12 heteroatoms. The number of nitrogens with one attached hydrogen (secondary N) is 1. The lowest BCUT2D eigenvalue weighted by Gasteiger charge is -2.33. The third kappa shape index (κ3) is 8.14. The van der Waals surface area contributed by atoms with E-state index < -0.39 is 28.5 Å². The fraction of sp³-hybridized carbons (Fsp3) is 0.440. The van der Waals surface area contributed by atoms with Crippen LogP contribution in [0.15, 0.2) is 36.4 Å². The summed E-state index contributed by atoms with van der Waals surface area (Å²) in [6, 6.07) is 8.41. The summed E-state index contributed by atoms with van der Waals surface area (Å²) in [6.07, 6.45) is 5.95. The zero-order valence-corrected chi connectivity index (χ0v) is 24.4. The number of benzene rings is 2. The highest BCUT2D eigenvalue weighted by Crippen LogP contribution is 2.31. The molecular formula is C25H29Cl4N3O4S. The SMILES string of the molecule is C[C@@H](C(=O)NC1CCCCC1)N(Cc1ccc(Cl)c(Cl)c1)C(=O)CN(c1cc(Cl)ccc1Cl)S(C)(=O)=O. The van der Waals surface area contributed by atoms with Crippen molar-refractivity contribution in [2.75, 3.05) is 17.1 Å². The molecule has 0 unspecified atom stereocenters. The molecule has 7 nitrogen and oxygen atoms in total. The normalized spacial score (nSPS) is 15.2. The molecule has 1 aliphatic rings. The quantitative estimate of drug-likeness (QED) is 0.382. The van der Waals surface area contributed by atoms with Crippen LogP contribution >= 0.6 is 46.4 Å². The molecule has 1 atom stereocenters. The van der Waals surface area contributed by atoms with Gasteiger partial charge < -0.3 is 10.2 Å². The molecule has 0 heterocycles. The maximum atomic E-state index is 13.7. The Morgan fingerprint density at radius 1 is 0.973 bits per heavy atom. The summed E-state index contributed by atoms with van der Waals surface area (Å²) in [5, 5.41) is 4.06. The predicted octanol–water partition coefficient (Wildman–Crippen LogP) is 5.93. The molecule has 0 radical (unpaired) electrons. The number of hydrogen-bond acceptors (Lipinski definition) is 4. The molecule has 0 aliphatic heterocycles. The van der Waals surface area contributed by atoms with Gasteiger partial charge in [0.15, 0.2) is 0 Å². The molecule has 3 rings (SSSR count). The van der Waals surface area contributed by atoms with Crippen LogP contribution in [0.2, 0.25) is 20.1 Å². The molecule has 1 N–H and O–H groups in total. The van der Waals surface area contributed by atoms with Crippen LogP contribution in [0.1, 0.15) is 44.6 Å². The van der Waals surface area contributed by atoms with E-state index in [2.05, 4.69) is 5.32 Å². The van der Waals surface area contributed by atoms with Gasteiger partial charge in [0, 0.05) is 17.6 Å². The summed E-state index contributed by atoms with van der Waals surface area (Å²) in [5.74, 6) is -0.911. The number of hydrogen-bond donors (Lipinski definition) is 1. The number of amides is 2. The first kappa shape index (κ1) is 29.8. The summed E-state index contributed by atoms with van der Waals surface area (Å²) >= 11 is 24.6. The van der Waals surface area contributed by atoms with E-state index in [9.17, 15) is 18.0 Å². The van der Waals surface area contributed by atoms with Crippen molar-refractivity contribution in [3.05, 3.63) is 62.1 Å². The second-order valence-corrected chi connectivity index (χ2v) is 12.7. The van der Waals surface area contributed by atoms with Crippen LogP contribution in [0.3, 0.4) is 0 Å². The van der Waals surface area contributed by atoms with Crippen molar-refractivity contribution in [3.63, 3.8) is 0 Å². The minimum atomic E-state index is -3.94. The highest BCUT2D eigenvalue weighted by molar-refractivity contribution is 7.92. The van der Waals surface area contributed by atoms with Gasteiger partial charge in [-0.15, -0.1) is 0 Å². The smallest absolute Gasteiger partial charge is 0.244 e. The first-order chi connectivity index (χ1) is 17.4. The summed E-state index contributed by atoms with van der Waals surface area (Å²) in [7, 11) is -3.94. The van der Waals surface area contributed by atoms with Crippen LogP contribution < -0.4 is 9.62 Å². The van der Waals surface area contributed by atoms with Crippen LogP contribution in [-0.2, 0) is 26.2 Å². The zero-order chi connectivity index (χ0) is 27.3. The Balaban J connectivity index is 1.92. The van der Waals surface area contributed by atoms with E-state index in [0.717, 1.165) is 42.7 Å². The minimum absolute atomic E-state index is 0.00978. The first-order valence-corrected chi connectivity index (χ1v) is 15.2. The Kier molecular flexibility index (Phi) is 10.4. The maximum absolute atomic E-state index is 13.7. The van der Waals surface area contributed by atoms with Gasteiger partial charge in [-0.25, -0.2) is 8.42 Å². The monoisotopic (exact) mass is 607 g/mol. The van der Waals surface area contributed by atoms with E-state index in [4.69, 9.17) is 46.4 Å². The number of halogens is 4. The van der Waals surface area contributed by atoms with Crippen molar-refractivity contribution in [3.8, 4) is 0 Å². The summed E-state index contributed by atoms with van der Waals surface area (Å²) in [6.45, 7) is 1.04. The average molecular weight is 609 g/mol. The second kappa shape index (κ2) is 12.9. The van der Waals surface area contributed by atoms with E-state index in [-0.39, 0.29) is 34.2 Å². The Hall–Kier alpha value is -1.71. The van der Waals surface area contributed by atoms with Crippen molar-refractivity contribution >= 4 is 73.9 Å². The van der Waals surface area contributed by atoms with Gasteiger partial charge in [0.2, 0.25) is 21.8 Å².